The van der Waals surface area contributed by atoms with Gasteiger partial charge < -0.3 is 0 Å². The molecular formula is C16H13Br2Cl. The molecule has 0 spiro atoms. The molecule has 3 rings (SSSR count). The lowest BCUT2D eigenvalue weighted by Gasteiger charge is -2.14. The van der Waals surface area contributed by atoms with Gasteiger partial charge in [0, 0.05) is 8.95 Å². The van der Waals surface area contributed by atoms with Gasteiger partial charge in [0.15, 0.2) is 0 Å². The van der Waals surface area contributed by atoms with Crippen LogP contribution in [0.5, 0.6) is 0 Å². The quantitative estimate of drug-likeness (QED) is 0.540. The van der Waals surface area contributed by atoms with Crippen molar-refractivity contribution in [1.82, 2.24) is 0 Å². The van der Waals surface area contributed by atoms with Crippen molar-refractivity contribution < 1.29 is 0 Å². The minimum atomic E-state index is -0.113. The molecule has 0 radical (unpaired) electrons. The molecule has 98 valence electrons. The fraction of sp³-hybridized carbons (Fsp3) is 0.250. The number of alkyl halides is 1. The van der Waals surface area contributed by atoms with Gasteiger partial charge in [-0.3, -0.25) is 0 Å². The summed E-state index contributed by atoms with van der Waals surface area (Å²) in [4.78, 5) is 0. The second-order valence-corrected chi connectivity index (χ2v) is 7.12. The van der Waals surface area contributed by atoms with Gasteiger partial charge >= 0.3 is 0 Å². The van der Waals surface area contributed by atoms with Gasteiger partial charge in [0.25, 0.3) is 0 Å². The SMILES string of the molecule is ClC(c1ccc2c(c1)CCC2)c1cc(Br)ccc1Br. The Morgan fingerprint density at radius 3 is 2.58 bits per heavy atom. The molecule has 1 atom stereocenters. The van der Waals surface area contributed by atoms with E-state index in [0.717, 1.165) is 14.5 Å². The fourth-order valence-corrected chi connectivity index (χ4v) is 3.94. The Hall–Kier alpha value is -0.310. The van der Waals surface area contributed by atoms with Crippen molar-refractivity contribution in [3.8, 4) is 0 Å². The first-order valence-electron chi connectivity index (χ1n) is 6.36. The number of hydrogen-bond donors (Lipinski definition) is 0. The first-order valence-corrected chi connectivity index (χ1v) is 8.38. The van der Waals surface area contributed by atoms with Gasteiger partial charge in [0.1, 0.15) is 0 Å². The molecule has 0 N–H and O–H groups in total. The monoisotopic (exact) mass is 398 g/mol. The lowest BCUT2D eigenvalue weighted by Crippen LogP contribution is -1.96. The zero-order valence-corrected chi connectivity index (χ0v) is 14.2. The van der Waals surface area contributed by atoms with E-state index in [1.165, 1.54) is 36.0 Å². The van der Waals surface area contributed by atoms with E-state index in [1.807, 2.05) is 12.1 Å². The average Bonchev–Trinajstić information content (AvgIpc) is 2.88. The summed E-state index contributed by atoms with van der Waals surface area (Å²) in [5.41, 5.74) is 5.24. The van der Waals surface area contributed by atoms with Crippen LogP contribution in [0.1, 0.15) is 34.1 Å². The highest BCUT2D eigenvalue weighted by Crippen LogP contribution is 2.37. The van der Waals surface area contributed by atoms with E-state index >= 15 is 0 Å². The number of hydrogen-bond acceptors (Lipinski definition) is 0. The summed E-state index contributed by atoms with van der Waals surface area (Å²) in [5, 5.41) is -0.113. The maximum Gasteiger partial charge on any atom is 0.0846 e. The molecule has 1 unspecified atom stereocenters. The molecule has 0 aromatic heterocycles. The number of aryl methyl sites for hydroxylation is 2. The van der Waals surface area contributed by atoms with Crippen molar-refractivity contribution in [2.45, 2.75) is 24.6 Å². The van der Waals surface area contributed by atoms with E-state index in [9.17, 15) is 0 Å². The largest absolute Gasteiger partial charge is 0.113 e. The minimum absolute atomic E-state index is 0.113. The Morgan fingerprint density at radius 2 is 1.74 bits per heavy atom. The van der Waals surface area contributed by atoms with Crippen molar-refractivity contribution in [3.63, 3.8) is 0 Å². The van der Waals surface area contributed by atoms with Crippen LogP contribution >= 0.6 is 43.5 Å². The summed E-state index contributed by atoms with van der Waals surface area (Å²) in [7, 11) is 0. The maximum absolute atomic E-state index is 6.66. The van der Waals surface area contributed by atoms with E-state index in [-0.39, 0.29) is 5.38 Å². The maximum atomic E-state index is 6.66. The molecule has 2 aromatic rings. The summed E-state index contributed by atoms with van der Waals surface area (Å²) < 4.78 is 2.11. The zero-order chi connectivity index (χ0) is 13.4. The summed E-state index contributed by atoms with van der Waals surface area (Å²) in [6.45, 7) is 0. The Labute approximate surface area is 135 Å². The molecule has 0 saturated carbocycles. The van der Waals surface area contributed by atoms with Crippen LogP contribution in [-0.2, 0) is 12.8 Å². The van der Waals surface area contributed by atoms with Gasteiger partial charge in [-0.25, -0.2) is 0 Å². The first kappa shape index (κ1) is 13.7. The topological polar surface area (TPSA) is 0 Å². The normalized spacial score (nSPS) is 15.3. The van der Waals surface area contributed by atoms with Crippen LogP contribution in [0.25, 0.3) is 0 Å². The van der Waals surface area contributed by atoms with Gasteiger partial charge in [-0.05, 0) is 59.7 Å². The molecule has 1 aliphatic carbocycles. The Kier molecular flexibility index (Phi) is 4.02. The van der Waals surface area contributed by atoms with Crippen LogP contribution < -0.4 is 0 Å². The Bertz CT molecular complexity index is 622. The van der Waals surface area contributed by atoms with E-state index in [2.05, 4.69) is 56.1 Å². The molecule has 19 heavy (non-hydrogen) atoms. The molecule has 0 amide bonds. The van der Waals surface area contributed by atoms with Gasteiger partial charge in [0.05, 0.1) is 5.38 Å². The highest BCUT2D eigenvalue weighted by atomic mass is 79.9. The van der Waals surface area contributed by atoms with Crippen LogP contribution in [0.15, 0.2) is 45.3 Å². The van der Waals surface area contributed by atoms with Crippen molar-refractivity contribution in [2.24, 2.45) is 0 Å². The molecule has 0 aliphatic heterocycles. The predicted octanol–water partition coefficient (Wildman–Crippen LogP) is 6.03. The molecule has 0 fully saturated rings. The van der Waals surface area contributed by atoms with E-state index in [0.29, 0.717) is 0 Å². The molecule has 0 saturated heterocycles. The molecule has 2 aromatic carbocycles. The smallest absolute Gasteiger partial charge is 0.0846 e. The number of rotatable bonds is 2. The highest BCUT2D eigenvalue weighted by molar-refractivity contribution is 9.11. The molecule has 0 nitrogen and oxygen atoms in total. The van der Waals surface area contributed by atoms with Crippen molar-refractivity contribution in [3.05, 3.63) is 67.6 Å². The standard InChI is InChI=1S/C16H13Br2Cl/c17-13-6-7-15(18)14(9-13)16(19)12-5-4-10-2-1-3-11(10)8-12/h4-9,16H,1-3H2. The summed E-state index contributed by atoms with van der Waals surface area (Å²) in [6.07, 6.45) is 3.67. The number of fused-ring (bicyclic) bond motifs is 1. The van der Waals surface area contributed by atoms with Crippen LogP contribution in [0.4, 0.5) is 0 Å². The predicted molar refractivity (Wildman–Crippen MR) is 88.0 cm³/mol. The minimum Gasteiger partial charge on any atom is -0.113 e. The molecule has 0 bridgehead atoms. The Morgan fingerprint density at radius 1 is 0.947 bits per heavy atom. The van der Waals surface area contributed by atoms with E-state index in [1.54, 1.807) is 0 Å². The average molecular weight is 401 g/mol. The zero-order valence-electron chi connectivity index (χ0n) is 10.3. The van der Waals surface area contributed by atoms with E-state index in [4.69, 9.17) is 11.6 Å². The van der Waals surface area contributed by atoms with Gasteiger partial charge in [-0.1, -0.05) is 50.1 Å². The van der Waals surface area contributed by atoms with Gasteiger partial charge in [0.2, 0.25) is 0 Å². The summed E-state index contributed by atoms with van der Waals surface area (Å²) >= 11 is 13.8. The third-order valence-corrected chi connectivity index (χ3v) is 5.35. The highest BCUT2D eigenvalue weighted by Gasteiger charge is 2.17. The first-order chi connectivity index (χ1) is 9.15. The van der Waals surface area contributed by atoms with Crippen molar-refractivity contribution >= 4 is 43.5 Å². The van der Waals surface area contributed by atoms with Crippen LogP contribution in [0.3, 0.4) is 0 Å². The summed E-state index contributed by atoms with van der Waals surface area (Å²) in [5.74, 6) is 0. The lowest BCUT2D eigenvalue weighted by molar-refractivity contribution is 0.911. The van der Waals surface area contributed by atoms with Crippen LogP contribution in [0, 0.1) is 0 Å². The van der Waals surface area contributed by atoms with Crippen molar-refractivity contribution in [1.29, 1.82) is 0 Å². The number of benzene rings is 2. The summed E-state index contributed by atoms with van der Waals surface area (Å²) in [6, 6.07) is 12.8. The fourth-order valence-electron chi connectivity index (χ4n) is 2.64. The third-order valence-electron chi connectivity index (χ3n) is 3.65. The van der Waals surface area contributed by atoms with Crippen LogP contribution in [-0.4, -0.2) is 0 Å². The second kappa shape index (κ2) is 5.59. The lowest BCUT2D eigenvalue weighted by atomic mass is 10.00. The van der Waals surface area contributed by atoms with Gasteiger partial charge in [-0.15, -0.1) is 11.6 Å². The molecular weight excluding hydrogens is 387 g/mol. The van der Waals surface area contributed by atoms with Crippen molar-refractivity contribution in [2.75, 3.05) is 0 Å². The van der Waals surface area contributed by atoms with Gasteiger partial charge in [-0.2, -0.15) is 0 Å². The molecule has 3 heteroatoms. The van der Waals surface area contributed by atoms with Crippen LogP contribution in [0.2, 0.25) is 0 Å². The second-order valence-electron chi connectivity index (χ2n) is 4.91. The van der Waals surface area contributed by atoms with E-state index < -0.39 is 0 Å². The molecule has 0 heterocycles. The molecule has 1 aliphatic rings. The number of halogens is 3. The Balaban J connectivity index is 1.99. The third kappa shape index (κ3) is 2.76.